The van der Waals surface area contributed by atoms with Crippen LogP contribution in [0.5, 0.6) is 0 Å². The summed E-state index contributed by atoms with van der Waals surface area (Å²) in [5.74, 6) is 1.49. The van der Waals surface area contributed by atoms with E-state index in [0.29, 0.717) is 12.5 Å². The first-order valence-electron chi connectivity index (χ1n) is 6.66. The fourth-order valence-electron chi connectivity index (χ4n) is 2.45. The van der Waals surface area contributed by atoms with Crippen LogP contribution in [0.1, 0.15) is 13.8 Å². The van der Waals surface area contributed by atoms with Crippen molar-refractivity contribution in [1.82, 2.24) is 4.90 Å². The fourth-order valence-corrected chi connectivity index (χ4v) is 3.68. The first kappa shape index (κ1) is 14.2. The van der Waals surface area contributed by atoms with Gasteiger partial charge in [0.15, 0.2) is 0 Å². The first-order valence-corrected chi connectivity index (χ1v) is 7.64. The summed E-state index contributed by atoms with van der Waals surface area (Å²) in [5.41, 5.74) is -0.260. The van der Waals surface area contributed by atoms with Crippen LogP contribution in [0.25, 0.3) is 0 Å². The van der Waals surface area contributed by atoms with Crippen molar-refractivity contribution in [3.8, 4) is 0 Å². The molecule has 0 aliphatic carbocycles. The SMILES string of the molecule is C=CCN1C[C@@H](C)[C@@](C)(CSc2ccccc2)C1=O. The summed E-state index contributed by atoms with van der Waals surface area (Å²) in [7, 11) is 0. The zero-order valence-electron chi connectivity index (χ0n) is 11.6. The van der Waals surface area contributed by atoms with Crippen molar-refractivity contribution in [2.75, 3.05) is 18.8 Å². The zero-order chi connectivity index (χ0) is 13.9. The van der Waals surface area contributed by atoms with Crippen LogP contribution in [0.3, 0.4) is 0 Å². The number of likely N-dealkylation sites (tertiary alicyclic amines) is 1. The molecule has 1 aromatic rings. The van der Waals surface area contributed by atoms with Crippen LogP contribution < -0.4 is 0 Å². The molecule has 0 spiro atoms. The Hall–Kier alpha value is -1.22. The van der Waals surface area contributed by atoms with Gasteiger partial charge < -0.3 is 4.90 Å². The summed E-state index contributed by atoms with van der Waals surface area (Å²) in [6.45, 7) is 9.50. The van der Waals surface area contributed by atoms with Crippen LogP contribution in [0.2, 0.25) is 0 Å². The number of carbonyl (C=O) groups excluding carboxylic acids is 1. The maximum absolute atomic E-state index is 12.5. The number of thioether (sulfide) groups is 1. The van der Waals surface area contributed by atoms with Crippen molar-refractivity contribution in [1.29, 1.82) is 0 Å². The molecule has 0 saturated carbocycles. The molecule has 0 unspecified atom stereocenters. The molecule has 1 fully saturated rings. The van der Waals surface area contributed by atoms with Crippen LogP contribution in [-0.2, 0) is 4.79 Å². The third-order valence-corrected chi connectivity index (χ3v) is 5.34. The van der Waals surface area contributed by atoms with E-state index in [0.717, 1.165) is 12.3 Å². The number of nitrogens with zero attached hydrogens (tertiary/aromatic N) is 1. The summed E-state index contributed by atoms with van der Waals surface area (Å²) < 4.78 is 0. The molecule has 1 heterocycles. The van der Waals surface area contributed by atoms with Crippen molar-refractivity contribution >= 4 is 17.7 Å². The maximum atomic E-state index is 12.5. The minimum Gasteiger partial charge on any atom is -0.338 e. The van der Waals surface area contributed by atoms with E-state index < -0.39 is 0 Å². The highest BCUT2D eigenvalue weighted by Gasteiger charge is 2.47. The van der Waals surface area contributed by atoms with Crippen molar-refractivity contribution in [2.24, 2.45) is 11.3 Å². The van der Waals surface area contributed by atoms with Gasteiger partial charge in [-0.05, 0) is 25.0 Å². The van der Waals surface area contributed by atoms with Gasteiger partial charge in [0.25, 0.3) is 0 Å². The molecule has 2 atom stereocenters. The number of hydrogen-bond donors (Lipinski definition) is 0. The minimum absolute atomic E-state index is 0.260. The highest BCUT2D eigenvalue weighted by atomic mass is 32.2. The van der Waals surface area contributed by atoms with Gasteiger partial charge in [0.1, 0.15) is 0 Å². The molecular formula is C16H21NOS. The van der Waals surface area contributed by atoms with Gasteiger partial charge in [-0.25, -0.2) is 0 Å². The average molecular weight is 275 g/mol. The summed E-state index contributed by atoms with van der Waals surface area (Å²) >= 11 is 1.77. The van der Waals surface area contributed by atoms with Gasteiger partial charge in [0, 0.05) is 23.7 Å². The van der Waals surface area contributed by atoms with Gasteiger partial charge in [-0.15, -0.1) is 18.3 Å². The van der Waals surface area contributed by atoms with Crippen molar-refractivity contribution in [2.45, 2.75) is 18.7 Å². The normalized spacial score (nSPS) is 26.7. The zero-order valence-corrected chi connectivity index (χ0v) is 12.5. The third kappa shape index (κ3) is 2.86. The van der Waals surface area contributed by atoms with E-state index in [1.54, 1.807) is 17.8 Å². The summed E-state index contributed by atoms with van der Waals surface area (Å²) in [5, 5.41) is 0. The summed E-state index contributed by atoms with van der Waals surface area (Å²) in [6, 6.07) is 10.3. The number of rotatable bonds is 5. The topological polar surface area (TPSA) is 20.3 Å². The van der Waals surface area contributed by atoms with Gasteiger partial charge in [-0.3, -0.25) is 4.79 Å². The molecule has 1 amide bonds. The second-order valence-corrected chi connectivity index (χ2v) is 6.47. The van der Waals surface area contributed by atoms with E-state index in [1.165, 1.54) is 4.90 Å². The van der Waals surface area contributed by atoms with Gasteiger partial charge in [0.2, 0.25) is 5.91 Å². The lowest BCUT2D eigenvalue weighted by Gasteiger charge is -2.25. The average Bonchev–Trinajstić information content (AvgIpc) is 2.63. The summed E-state index contributed by atoms with van der Waals surface area (Å²) in [4.78, 5) is 15.7. The molecule has 19 heavy (non-hydrogen) atoms. The predicted molar refractivity (Wildman–Crippen MR) is 81.2 cm³/mol. The Morgan fingerprint density at radius 3 is 2.79 bits per heavy atom. The Labute approximate surface area is 119 Å². The van der Waals surface area contributed by atoms with Crippen LogP contribution in [0, 0.1) is 11.3 Å². The molecule has 3 heteroatoms. The largest absolute Gasteiger partial charge is 0.338 e. The molecule has 1 aliphatic rings. The van der Waals surface area contributed by atoms with Crippen molar-refractivity contribution in [3.63, 3.8) is 0 Å². The lowest BCUT2D eigenvalue weighted by atomic mass is 9.82. The third-order valence-electron chi connectivity index (χ3n) is 3.99. The fraction of sp³-hybridized carbons (Fsp3) is 0.438. The maximum Gasteiger partial charge on any atom is 0.229 e. The van der Waals surface area contributed by atoms with E-state index in [9.17, 15) is 4.79 Å². The molecule has 1 saturated heterocycles. The Morgan fingerprint density at radius 2 is 2.16 bits per heavy atom. The number of hydrogen-bond acceptors (Lipinski definition) is 2. The standard InChI is InChI=1S/C16H21NOS/c1-4-10-17-11-13(2)16(3,15(17)18)12-19-14-8-6-5-7-9-14/h4-9,13H,1,10-12H2,2-3H3/t13-,16-/m1/s1. The van der Waals surface area contributed by atoms with Gasteiger partial charge >= 0.3 is 0 Å². The molecule has 0 N–H and O–H groups in total. The summed E-state index contributed by atoms with van der Waals surface area (Å²) in [6.07, 6.45) is 1.81. The molecule has 0 radical (unpaired) electrons. The lowest BCUT2D eigenvalue weighted by Crippen LogP contribution is -2.35. The van der Waals surface area contributed by atoms with Crippen molar-refractivity contribution in [3.05, 3.63) is 43.0 Å². The molecule has 2 nitrogen and oxygen atoms in total. The predicted octanol–water partition coefficient (Wildman–Crippen LogP) is 3.45. The second kappa shape index (κ2) is 5.83. The molecule has 0 aromatic heterocycles. The highest BCUT2D eigenvalue weighted by molar-refractivity contribution is 7.99. The Morgan fingerprint density at radius 1 is 1.47 bits per heavy atom. The lowest BCUT2D eigenvalue weighted by molar-refractivity contribution is -0.134. The van der Waals surface area contributed by atoms with Crippen LogP contribution >= 0.6 is 11.8 Å². The van der Waals surface area contributed by atoms with E-state index in [1.807, 2.05) is 23.1 Å². The minimum atomic E-state index is -0.260. The molecule has 2 rings (SSSR count). The number of amides is 1. The van der Waals surface area contributed by atoms with E-state index in [2.05, 4.69) is 32.6 Å². The Bertz CT molecular complexity index is 459. The second-order valence-electron chi connectivity index (χ2n) is 5.42. The number of benzene rings is 1. The molecule has 1 aromatic carbocycles. The van der Waals surface area contributed by atoms with Crippen LogP contribution in [-0.4, -0.2) is 29.6 Å². The Kier molecular flexibility index (Phi) is 4.35. The van der Waals surface area contributed by atoms with E-state index in [-0.39, 0.29) is 11.3 Å². The van der Waals surface area contributed by atoms with E-state index >= 15 is 0 Å². The first-order chi connectivity index (χ1) is 9.08. The number of carbonyl (C=O) groups is 1. The van der Waals surface area contributed by atoms with Gasteiger partial charge in [-0.2, -0.15) is 0 Å². The van der Waals surface area contributed by atoms with Crippen LogP contribution in [0.4, 0.5) is 0 Å². The van der Waals surface area contributed by atoms with Crippen molar-refractivity contribution < 1.29 is 4.79 Å². The molecule has 1 aliphatic heterocycles. The molecule has 0 bridgehead atoms. The molecular weight excluding hydrogens is 254 g/mol. The Balaban J connectivity index is 2.05. The van der Waals surface area contributed by atoms with Gasteiger partial charge in [-0.1, -0.05) is 31.2 Å². The molecule has 102 valence electrons. The van der Waals surface area contributed by atoms with Gasteiger partial charge in [0.05, 0.1) is 5.41 Å². The highest BCUT2D eigenvalue weighted by Crippen LogP contribution is 2.41. The smallest absolute Gasteiger partial charge is 0.229 e. The van der Waals surface area contributed by atoms with E-state index in [4.69, 9.17) is 0 Å². The van der Waals surface area contributed by atoms with Crippen LogP contribution in [0.15, 0.2) is 47.9 Å². The monoisotopic (exact) mass is 275 g/mol. The quantitative estimate of drug-likeness (QED) is 0.606.